The third-order valence-electron chi connectivity index (χ3n) is 4.22. The number of nitrogens with zero attached hydrogens (tertiary/aromatic N) is 1. The Hall–Kier alpha value is -2.96. The van der Waals surface area contributed by atoms with Gasteiger partial charge in [0.05, 0.1) is 25.5 Å². The average molecular weight is 375 g/mol. The average Bonchev–Trinajstić information content (AvgIpc) is 3.00. The van der Waals surface area contributed by atoms with E-state index in [-0.39, 0.29) is 30.0 Å². The van der Waals surface area contributed by atoms with Crippen molar-refractivity contribution in [2.24, 2.45) is 0 Å². The van der Waals surface area contributed by atoms with Gasteiger partial charge in [0.2, 0.25) is 0 Å². The Morgan fingerprint density at radius 1 is 1.07 bits per heavy atom. The van der Waals surface area contributed by atoms with Crippen LogP contribution in [-0.4, -0.2) is 37.0 Å². The first-order chi connectivity index (χ1) is 12.9. The fraction of sp³-hybridized carbons (Fsp3) is 0.350. The van der Waals surface area contributed by atoms with Gasteiger partial charge in [-0.25, -0.2) is 14.0 Å². The lowest BCUT2D eigenvalue weighted by atomic mass is 10.0. The number of benzene rings is 1. The fourth-order valence-electron chi connectivity index (χ4n) is 3.17. The van der Waals surface area contributed by atoms with Crippen molar-refractivity contribution in [2.45, 2.75) is 32.7 Å². The van der Waals surface area contributed by atoms with Crippen molar-refractivity contribution in [3.05, 3.63) is 46.9 Å². The van der Waals surface area contributed by atoms with Crippen molar-refractivity contribution >= 4 is 18.2 Å². The second kappa shape index (κ2) is 8.62. The highest BCUT2D eigenvalue weighted by Crippen LogP contribution is 2.37. The van der Waals surface area contributed by atoms with Crippen LogP contribution < -0.4 is 0 Å². The minimum absolute atomic E-state index is 0.0468. The van der Waals surface area contributed by atoms with Crippen LogP contribution >= 0.6 is 0 Å². The van der Waals surface area contributed by atoms with Crippen molar-refractivity contribution in [3.63, 3.8) is 0 Å². The zero-order chi connectivity index (χ0) is 20.1. The summed E-state index contributed by atoms with van der Waals surface area (Å²) in [4.78, 5) is 36.1. The number of hydrogen-bond acceptors (Lipinski definition) is 5. The van der Waals surface area contributed by atoms with Gasteiger partial charge in [-0.3, -0.25) is 0 Å². The summed E-state index contributed by atoms with van der Waals surface area (Å²) in [5.41, 5.74) is 1.63. The van der Waals surface area contributed by atoms with E-state index in [0.717, 1.165) is 6.29 Å². The topological polar surface area (TPSA) is 74.6 Å². The lowest BCUT2D eigenvalue weighted by Crippen LogP contribution is -2.13. The van der Waals surface area contributed by atoms with E-state index < -0.39 is 17.8 Å². The molecule has 0 unspecified atom stereocenters. The molecule has 27 heavy (non-hydrogen) atoms. The second-order valence-corrected chi connectivity index (χ2v) is 6.24. The summed E-state index contributed by atoms with van der Waals surface area (Å²) in [5, 5.41) is 0. The lowest BCUT2D eigenvalue weighted by Gasteiger charge is -2.15. The van der Waals surface area contributed by atoms with Crippen LogP contribution in [0.5, 0.6) is 0 Å². The van der Waals surface area contributed by atoms with Gasteiger partial charge in [-0.2, -0.15) is 0 Å². The number of esters is 2. The summed E-state index contributed by atoms with van der Waals surface area (Å²) in [6.45, 7) is 3.99. The number of aromatic nitrogens is 1. The number of carbonyl (C=O) groups excluding carboxylic acids is 3. The van der Waals surface area contributed by atoms with Gasteiger partial charge in [-0.1, -0.05) is 13.8 Å². The number of carbonyl (C=O) groups is 3. The maximum Gasteiger partial charge on any atom is 0.340 e. The number of halogens is 1. The third kappa shape index (κ3) is 3.92. The minimum atomic E-state index is -0.707. The second-order valence-electron chi connectivity index (χ2n) is 6.24. The van der Waals surface area contributed by atoms with Crippen LogP contribution in [0.25, 0.3) is 11.3 Å². The molecule has 2 aromatic rings. The molecule has 0 bridgehead atoms. The normalized spacial score (nSPS) is 10.7. The highest BCUT2D eigenvalue weighted by Gasteiger charge is 2.33. The number of aldehydes is 1. The molecular weight excluding hydrogens is 353 g/mol. The molecule has 0 radical (unpaired) electrons. The fourth-order valence-corrected chi connectivity index (χ4v) is 3.17. The van der Waals surface area contributed by atoms with Crippen molar-refractivity contribution in [3.8, 4) is 11.3 Å². The first-order valence-electron chi connectivity index (χ1n) is 8.49. The SMILES string of the molecule is COC(=O)c1c(C(=O)OC)c(C(C)C)n(CCC=O)c1-c1ccc(F)cc1. The Kier molecular flexibility index (Phi) is 6.50. The van der Waals surface area contributed by atoms with Crippen LogP contribution in [0.1, 0.15) is 52.6 Å². The number of hydrogen-bond donors (Lipinski definition) is 0. The van der Waals surface area contributed by atoms with Crippen LogP contribution in [0.3, 0.4) is 0 Å². The monoisotopic (exact) mass is 375 g/mol. The van der Waals surface area contributed by atoms with Gasteiger partial charge in [0, 0.05) is 18.7 Å². The van der Waals surface area contributed by atoms with Gasteiger partial charge in [0.1, 0.15) is 17.7 Å². The Bertz CT molecular complexity index is 852. The van der Waals surface area contributed by atoms with Crippen LogP contribution in [0.2, 0.25) is 0 Å². The van der Waals surface area contributed by atoms with Gasteiger partial charge in [-0.15, -0.1) is 0 Å². The highest BCUT2D eigenvalue weighted by atomic mass is 19.1. The van der Waals surface area contributed by atoms with Crippen molar-refractivity contribution in [1.29, 1.82) is 0 Å². The smallest absolute Gasteiger partial charge is 0.340 e. The first-order valence-corrected chi connectivity index (χ1v) is 8.49. The quantitative estimate of drug-likeness (QED) is 0.546. The van der Waals surface area contributed by atoms with Crippen molar-refractivity contribution in [2.75, 3.05) is 14.2 Å². The molecule has 144 valence electrons. The Morgan fingerprint density at radius 3 is 2.11 bits per heavy atom. The molecule has 0 saturated heterocycles. The number of rotatable bonds is 7. The Labute approximate surface area is 156 Å². The summed E-state index contributed by atoms with van der Waals surface area (Å²) < 4.78 is 25.0. The van der Waals surface area contributed by atoms with Gasteiger partial charge in [0.15, 0.2) is 0 Å². The molecule has 0 aliphatic rings. The molecule has 1 aromatic carbocycles. The molecule has 0 fully saturated rings. The molecule has 1 aromatic heterocycles. The minimum Gasteiger partial charge on any atom is -0.465 e. The zero-order valence-electron chi connectivity index (χ0n) is 15.7. The molecular formula is C20H22FNO5. The Morgan fingerprint density at radius 2 is 1.63 bits per heavy atom. The third-order valence-corrected chi connectivity index (χ3v) is 4.22. The predicted molar refractivity (Wildman–Crippen MR) is 97.3 cm³/mol. The molecule has 0 saturated carbocycles. The van der Waals surface area contributed by atoms with Gasteiger partial charge < -0.3 is 18.8 Å². The van der Waals surface area contributed by atoms with E-state index in [2.05, 4.69) is 0 Å². The molecule has 0 aliphatic carbocycles. The summed E-state index contributed by atoms with van der Waals surface area (Å²) in [5.74, 6) is -1.96. The van der Waals surface area contributed by atoms with Gasteiger partial charge in [-0.05, 0) is 35.7 Å². The largest absolute Gasteiger partial charge is 0.465 e. The summed E-state index contributed by atoms with van der Waals surface area (Å²) in [7, 11) is 2.45. The van der Waals surface area contributed by atoms with E-state index in [0.29, 0.717) is 17.0 Å². The molecule has 1 heterocycles. The molecule has 0 atom stereocenters. The molecule has 0 spiro atoms. The highest BCUT2D eigenvalue weighted by molar-refractivity contribution is 6.09. The zero-order valence-corrected chi connectivity index (χ0v) is 15.7. The number of ether oxygens (including phenoxy) is 2. The standard InChI is InChI=1S/C20H22FNO5/c1-12(2)17-15(19(24)26-3)16(20(25)27-4)18(22(17)10-5-11-23)13-6-8-14(21)9-7-13/h6-9,11-12H,5,10H2,1-4H3. The van der Waals surface area contributed by atoms with Crippen LogP contribution in [0, 0.1) is 5.82 Å². The lowest BCUT2D eigenvalue weighted by molar-refractivity contribution is -0.108. The summed E-state index contributed by atoms with van der Waals surface area (Å²) in [6.07, 6.45) is 0.942. The van der Waals surface area contributed by atoms with Crippen molar-refractivity contribution in [1.82, 2.24) is 4.57 Å². The molecule has 6 nitrogen and oxygen atoms in total. The maximum absolute atomic E-state index is 13.4. The van der Waals surface area contributed by atoms with E-state index in [1.807, 2.05) is 13.8 Å². The van der Waals surface area contributed by atoms with E-state index >= 15 is 0 Å². The van der Waals surface area contributed by atoms with E-state index in [4.69, 9.17) is 9.47 Å². The summed E-state index contributed by atoms with van der Waals surface area (Å²) >= 11 is 0. The molecule has 0 aliphatic heterocycles. The van der Waals surface area contributed by atoms with E-state index in [9.17, 15) is 18.8 Å². The van der Waals surface area contributed by atoms with Crippen LogP contribution in [-0.2, 0) is 20.8 Å². The Balaban J connectivity index is 2.95. The first kappa shape index (κ1) is 20.4. The van der Waals surface area contributed by atoms with E-state index in [1.165, 1.54) is 38.5 Å². The number of methoxy groups -OCH3 is 2. The summed E-state index contributed by atoms with van der Waals surface area (Å²) in [6, 6.07) is 5.56. The van der Waals surface area contributed by atoms with Gasteiger partial charge >= 0.3 is 11.9 Å². The maximum atomic E-state index is 13.4. The van der Waals surface area contributed by atoms with Crippen LogP contribution in [0.15, 0.2) is 24.3 Å². The van der Waals surface area contributed by atoms with Crippen molar-refractivity contribution < 1.29 is 28.2 Å². The molecule has 0 N–H and O–H groups in total. The van der Waals surface area contributed by atoms with Crippen LogP contribution in [0.4, 0.5) is 4.39 Å². The molecule has 7 heteroatoms. The molecule has 0 amide bonds. The molecule has 2 rings (SSSR count). The van der Waals surface area contributed by atoms with Gasteiger partial charge in [0.25, 0.3) is 0 Å². The van der Waals surface area contributed by atoms with E-state index in [1.54, 1.807) is 4.57 Å². The predicted octanol–water partition coefficient (Wildman–Crippen LogP) is 3.58.